The molecule has 0 aromatic heterocycles. The molecule has 2 aliphatic heterocycles. The predicted octanol–water partition coefficient (Wildman–Crippen LogP) is 1.91. The molecule has 148 valence electrons. The SMILES string of the molecule is C[N@+]1(CC2CC2)CC[C@]23c4c5ccc(O)c4O[C@H]2[C@@H](O)CC[C@@]3(O)[C@H]1C5.[CH3-]. The van der Waals surface area contributed by atoms with Gasteiger partial charge in [0.15, 0.2) is 11.5 Å². The van der Waals surface area contributed by atoms with Crippen LogP contribution in [0.1, 0.15) is 43.2 Å². The second-order valence-corrected chi connectivity index (χ2v) is 9.79. The van der Waals surface area contributed by atoms with Gasteiger partial charge in [-0.05, 0) is 37.3 Å². The Morgan fingerprint density at radius 3 is 2.74 bits per heavy atom. The number of rotatable bonds is 2. The minimum atomic E-state index is -0.870. The number of hydrogen-bond donors (Lipinski definition) is 3. The number of likely N-dealkylation sites (N-methyl/N-ethyl adjacent to an activating group) is 1. The molecule has 2 saturated carbocycles. The number of aliphatic hydroxyl groups is 2. The number of ether oxygens (including phenoxy) is 1. The third kappa shape index (κ3) is 1.91. The molecule has 2 heterocycles. The Bertz CT molecular complexity index is 808. The Hall–Kier alpha value is -1.30. The van der Waals surface area contributed by atoms with Gasteiger partial charge in [-0.2, -0.15) is 0 Å². The molecular weight excluding hydrogens is 342 g/mol. The van der Waals surface area contributed by atoms with E-state index in [0.717, 1.165) is 41.9 Å². The summed E-state index contributed by atoms with van der Waals surface area (Å²) in [7, 11) is 2.33. The fourth-order valence-electron chi connectivity index (χ4n) is 7.13. The van der Waals surface area contributed by atoms with Crippen molar-refractivity contribution in [1.29, 1.82) is 0 Å². The molecule has 0 amide bonds. The molecule has 1 saturated heterocycles. The molecule has 5 aliphatic rings. The van der Waals surface area contributed by atoms with Crippen LogP contribution in [0.5, 0.6) is 11.5 Å². The maximum atomic E-state index is 12.2. The van der Waals surface area contributed by atoms with Crippen molar-refractivity contribution in [3.63, 3.8) is 0 Å². The lowest BCUT2D eigenvalue weighted by atomic mass is 9.48. The number of phenolic OH excluding ortho intramolecular Hbond substituents is 1. The summed E-state index contributed by atoms with van der Waals surface area (Å²) in [4.78, 5) is 0. The van der Waals surface area contributed by atoms with Gasteiger partial charge in [-0.25, -0.2) is 0 Å². The first kappa shape index (κ1) is 17.8. The van der Waals surface area contributed by atoms with Gasteiger partial charge in [0.2, 0.25) is 0 Å². The number of nitrogens with zero attached hydrogens (tertiary/aromatic N) is 1. The summed E-state index contributed by atoms with van der Waals surface area (Å²) in [6.45, 7) is 2.15. The first-order valence-corrected chi connectivity index (χ1v) is 10.2. The molecule has 5 nitrogen and oxygen atoms in total. The fourth-order valence-corrected chi connectivity index (χ4v) is 7.13. The monoisotopic (exact) mass is 373 g/mol. The standard InChI is InChI=1S/C21H27NO4.CH3/c1-22(11-12-2-3-12)9-8-20-17-13-4-5-14(23)18(17)26-19(20)15(24)6-7-21(20,25)16(22)10-13;/h4-5,12,15-16,19,24-25H,2-3,6-11H2,1H3;1H3/q;-1/p+1/t15-,16+,19-,20-,21+,22+;/m0./s1. The van der Waals surface area contributed by atoms with E-state index in [4.69, 9.17) is 4.74 Å². The van der Waals surface area contributed by atoms with Crippen LogP contribution in [0.15, 0.2) is 12.1 Å². The van der Waals surface area contributed by atoms with Gasteiger partial charge < -0.3 is 32.0 Å². The fraction of sp³-hybridized carbons (Fsp3) is 0.682. The maximum Gasteiger partial charge on any atom is 0.165 e. The molecule has 0 unspecified atom stereocenters. The Kier molecular flexibility index (Phi) is 3.42. The van der Waals surface area contributed by atoms with Crippen LogP contribution in [-0.2, 0) is 11.8 Å². The summed E-state index contributed by atoms with van der Waals surface area (Å²) in [6.07, 6.45) is 4.44. The van der Waals surface area contributed by atoms with Crippen molar-refractivity contribution in [1.82, 2.24) is 0 Å². The summed E-state index contributed by atoms with van der Waals surface area (Å²) in [5.41, 5.74) is 0.755. The van der Waals surface area contributed by atoms with Gasteiger partial charge in [0.05, 0.1) is 31.7 Å². The van der Waals surface area contributed by atoms with Gasteiger partial charge >= 0.3 is 0 Å². The highest BCUT2D eigenvalue weighted by atomic mass is 16.5. The Morgan fingerprint density at radius 1 is 1.22 bits per heavy atom. The average molecular weight is 373 g/mol. The van der Waals surface area contributed by atoms with E-state index in [-0.39, 0.29) is 19.2 Å². The number of phenols is 1. The molecule has 3 aliphatic carbocycles. The van der Waals surface area contributed by atoms with E-state index in [1.807, 2.05) is 6.07 Å². The number of quaternary nitrogens is 1. The van der Waals surface area contributed by atoms with Crippen molar-refractivity contribution in [3.05, 3.63) is 30.7 Å². The predicted molar refractivity (Wildman–Crippen MR) is 102 cm³/mol. The summed E-state index contributed by atoms with van der Waals surface area (Å²) in [5.74, 6) is 1.46. The van der Waals surface area contributed by atoms with Crippen LogP contribution in [0.4, 0.5) is 0 Å². The highest BCUT2D eigenvalue weighted by molar-refractivity contribution is 5.62. The molecule has 1 spiro atoms. The average Bonchev–Trinajstić information content (AvgIpc) is 3.32. The summed E-state index contributed by atoms with van der Waals surface area (Å²) in [5, 5.41) is 33.4. The van der Waals surface area contributed by atoms with Gasteiger partial charge in [0, 0.05) is 24.3 Å². The first-order valence-electron chi connectivity index (χ1n) is 10.2. The van der Waals surface area contributed by atoms with E-state index in [2.05, 4.69) is 7.05 Å². The zero-order chi connectivity index (χ0) is 17.9. The number of likely N-dealkylation sites (tertiary alicyclic amines) is 1. The molecule has 6 atom stereocenters. The van der Waals surface area contributed by atoms with Gasteiger partial charge in [-0.1, -0.05) is 6.07 Å². The number of benzene rings is 1. The molecule has 5 heteroatoms. The second kappa shape index (κ2) is 5.19. The highest BCUT2D eigenvalue weighted by Gasteiger charge is 2.76. The normalized spacial score (nSPS) is 46.3. The molecule has 2 bridgehead atoms. The third-order valence-electron chi connectivity index (χ3n) is 8.45. The summed E-state index contributed by atoms with van der Waals surface area (Å²) >= 11 is 0. The number of hydrogen-bond acceptors (Lipinski definition) is 4. The number of aromatic hydroxyl groups is 1. The van der Waals surface area contributed by atoms with E-state index in [1.54, 1.807) is 6.07 Å². The zero-order valence-corrected chi connectivity index (χ0v) is 16.3. The van der Waals surface area contributed by atoms with Crippen LogP contribution in [0, 0.1) is 13.3 Å². The Morgan fingerprint density at radius 2 is 2.00 bits per heavy atom. The van der Waals surface area contributed by atoms with Crippen LogP contribution in [0.3, 0.4) is 0 Å². The smallest absolute Gasteiger partial charge is 0.165 e. The largest absolute Gasteiger partial charge is 0.504 e. The molecule has 1 aromatic carbocycles. The van der Waals surface area contributed by atoms with Gasteiger partial charge in [-0.15, -0.1) is 0 Å². The quantitative estimate of drug-likeness (QED) is 0.547. The summed E-state index contributed by atoms with van der Waals surface area (Å²) in [6, 6.07) is 3.88. The Labute approximate surface area is 161 Å². The van der Waals surface area contributed by atoms with E-state index in [9.17, 15) is 15.3 Å². The summed E-state index contributed by atoms with van der Waals surface area (Å²) < 4.78 is 7.11. The van der Waals surface area contributed by atoms with Crippen molar-refractivity contribution in [2.45, 2.75) is 67.8 Å². The van der Waals surface area contributed by atoms with Crippen molar-refractivity contribution in [3.8, 4) is 11.5 Å². The van der Waals surface area contributed by atoms with E-state index >= 15 is 0 Å². The maximum absolute atomic E-state index is 12.2. The molecule has 3 N–H and O–H groups in total. The zero-order valence-electron chi connectivity index (χ0n) is 16.3. The second-order valence-electron chi connectivity index (χ2n) is 9.79. The lowest BCUT2D eigenvalue weighted by Crippen LogP contribution is -2.81. The van der Waals surface area contributed by atoms with Crippen molar-refractivity contribution in [2.24, 2.45) is 5.92 Å². The van der Waals surface area contributed by atoms with Gasteiger partial charge in [-0.3, -0.25) is 0 Å². The molecule has 1 aromatic rings. The van der Waals surface area contributed by atoms with Crippen LogP contribution >= 0.6 is 0 Å². The molecule has 6 rings (SSSR count). The molecule has 27 heavy (non-hydrogen) atoms. The number of piperidine rings is 1. The lowest BCUT2D eigenvalue weighted by Gasteiger charge is -2.65. The van der Waals surface area contributed by atoms with Gasteiger partial charge in [0.25, 0.3) is 0 Å². The van der Waals surface area contributed by atoms with Crippen LogP contribution < -0.4 is 4.74 Å². The molecular formula is C22H31NO4. The van der Waals surface area contributed by atoms with Gasteiger partial charge in [0.1, 0.15) is 17.7 Å². The van der Waals surface area contributed by atoms with E-state index in [0.29, 0.717) is 18.6 Å². The topological polar surface area (TPSA) is 69.9 Å². The van der Waals surface area contributed by atoms with E-state index < -0.39 is 23.2 Å². The Balaban J connectivity index is 0.00000160. The van der Waals surface area contributed by atoms with Crippen LogP contribution in [0.25, 0.3) is 0 Å². The van der Waals surface area contributed by atoms with Crippen LogP contribution in [0.2, 0.25) is 0 Å². The number of aliphatic hydroxyl groups excluding tert-OH is 1. The highest BCUT2D eigenvalue weighted by Crippen LogP contribution is 2.66. The lowest BCUT2D eigenvalue weighted by molar-refractivity contribution is -0.950. The van der Waals surface area contributed by atoms with Crippen molar-refractivity contribution < 1.29 is 24.5 Å². The van der Waals surface area contributed by atoms with Crippen molar-refractivity contribution >= 4 is 0 Å². The first-order chi connectivity index (χ1) is 12.4. The minimum Gasteiger partial charge on any atom is -0.504 e. The van der Waals surface area contributed by atoms with Crippen LogP contribution in [-0.4, -0.2) is 63.8 Å². The van der Waals surface area contributed by atoms with E-state index in [1.165, 1.54) is 18.4 Å². The minimum absolute atomic E-state index is 0. The third-order valence-corrected chi connectivity index (χ3v) is 8.45. The molecule has 0 radical (unpaired) electrons. The van der Waals surface area contributed by atoms with Crippen molar-refractivity contribution in [2.75, 3.05) is 20.1 Å². The molecule has 3 fully saturated rings.